The highest BCUT2D eigenvalue weighted by Gasteiger charge is 2.35. The predicted octanol–water partition coefficient (Wildman–Crippen LogP) is 2.86. The molecule has 10 heteroatoms. The van der Waals surface area contributed by atoms with Gasteiger partial charge in [0.05, 0.1) is 5.56 Å². The number of aromatic carboxylic acids is 1. The molecule has 1 aliphatic rings. The molecule has 1 aromatic rings. The second-order valence-corrected chi connectivity index (χ2v) is 6.86. The van der Waals surface area contributed by atoms with E-state index in [1.54, 1.807) is 20.8 Å². The van der Waals surface area contributed by atoms with Crippen molar-refractivity contribution < 1.29 is 32.6 Å². The fourth-order valence-corrected chi connectivity index (χ4v) is 2.39. The van der Waals surface area contributed by atoms with E-state index in [0.29, 0.717) is 6.07 Å². The zero-order chi connectivity index (χ0) is 19.7. The summed E-state index contributed by atoms with van der Waals surface area (Å²) < 4.78 is 44.1. The lowest BCUT2D eigenvalue weighted by Crippen LogP contribution is -2.50. The molecule has 0 bridgehead atoms. The lowest BCUT2D eigenvalue weighted by molar-refractivity contribution is -0.141. The first-order valence-corrected chi connectivity index (χ1v) is 7.92. The Morgan fingerprint density at radius 1 is 1.12 bits per heavy atom. The molecule has 0 aromatic carbocycles. The van der Waals surface area contributed by atoms with Gasteiger partial charge in [0.2, 0.25) is 0 Å². The fraction of sp³-hybridized carbons (Fsp3) is 0.562. The van der Waals surface area contributed by atoms with E-state index >= 15 is 0 Å². The molecule has 1 saturated heterocycles. The number of anilines is 1. The molecule has 0 spiro atoms. The topological polar surface area (TPSA) is 83.0 Å². The van der Waals surface area contributed by atoms with Crippen molar-refractivity contribution in [2.75, 3.05) is 31.1 Å². The Hall–Kier alpha value is -2.52. The highest BCUT2D eigenvalue weighted by molar-refractivity contribution is 5.88. The largest absolute Gasteiger partial charge is 0.478 e. The SMILES string of the molecule is CC(C)(C)OC(=O)N1CCN(c2cc(C(=O)O)cc(C(F)(F)F)n2)CC1. The highest BCUT2D eigenvalue weighted by Crippen LogP contribution is 2.30. The van der Waals surface area contributed by atoms with Crippen molar-refractivity contribution in [3.05, 3.63) is 23.4 Å². The maximum Gasteiger partial charge on any atom is 0.433 e. The quantitative estimate of drug-likeness (QED) is 0.856. The number of hydrogen-bond donors (Lipinski definition) is 1. The monoisotopic (exact) mass is 375 g/mol. The number of carboxylic acid groups (broad SMARTS) is 1. The number of aromatic nitrogens is 1. The van der Waals surface area contributed by atoms with E-state index in [4.69, 9.17) is 9.84 Å². The van der Waals surface area contributed by atoms with Gasteiger partial charge >= 0.3 is 18.2 Å². The normalized spacial score (nSPS) is 15.8. The molecule has 0 saturated carbocycles. The first-order valence-electron chi connectivity index (χ1n) is 7.92. The Bertz CT molecular complexity index is 693. The molecule has 0 atom stereocenters. The Balaban J connectivity index is 2.15. The van der Waals surface area contributed by atoms with Crippen LogP contribution in [0.4, 0.5) is 23.8 Å². The minimum atomic E-state index is -4.75. The van der Waals surface area contributed by atoms with Gasteiger partial charge in [-0.25, -0.2) is 14.6 Å². The molecule has 2 rings (SSSR count). The van der Waals surface area contributed by atoms with Gasteiger partial charge in [-0.15, -0.1) is 0 Å². The van der Waals surface area contributed by atoms with E-state index in [-0.39, 0.29) is 32.0 Å². The third-order valence-electron chi connectivity index (χ3n) is 3.60. The number of carboxylic acids is 1. The Kier molecular flexibility index (Phi) is 5.33. The van der Waals surface area contributed by atoms with Gasteiger partial charge in [-0.1, -0.05) is 0 Å². The molecular formula is C16H20F3N3O4. The van der Waals surface area contributed by atoms with Crippen LogP contribution < -0.4 is 4.90 Å². The molecule has 0 aliphatic carbocycles. The second-order valence-electron chi connectivity index (χ2n) is 6.86. The molecule has 1 amide bonds. The van der Waals surface area contributed by atoms with E-state index in [9.17, 15) is 22.8 Å². The summed E-state index contributed by atoms with van der Waals surface area (Å²) in [5.41, 5.74) is -2.40. The summed E-state index contributed by atoms with van der Waals surface area (Å²) in [5.74, 6) is -1.55. The molecule has 1 aliphatic heterocycles. The summed E-state index contributed by atoms with van der Waals surface area (Å²) >= 11 is 0. The van der Waals surface area contributed by atoms with Crippen LogP contribution in [0, 0.1) is 0 Å². The lowest BCUT2D eigenvalue weighted by Gasteiger charge is -2.36. The number of carbonyl (C=O) groups excluding carboxylic acids is 1. The van der Waals surface area contributed by atoms with Crippen LogP contribution in [0.1, 0.15) is 36.8 Å². The van der Waals surface area contributed by atoms with E-state index < -0.39 is 35.1 Å². The molecule has 2 heterocycles. The van der Waals surface area contributed by atoms with Gasteiger partial charge in [-0.2, -0.15) is 13.2 Å². The number of nitrogens with zero attached hydrogens (tertiary/aromatic N) is 3. The van der Waals surface area contributed by atoms with Gasteiger partial charge in [0.1, 0.15) is 17.1 Å². The first-order chi connectivity index (χ1) is 11.9. The Morgan fingerprint density at radius 2 is 1.69 bits per heavy atom. The number of halogens is 3. The third kappa shape index (κ3) is 4.99. The maximum atomic E-state index is 13.0. The summed E-state index contributed by atoms with van der Waals surface area (Å²) in [6.07, 6.45) is -5.25. The van der Waals surface area contributed by atoms with Crippen molar-refractivity contribution in [3.63, 3.8) is 0 Å². The van der Waals surface area contributed by atoms with Crippen molar-refractivity contribution >= 4 is 17.9 Å². The van der Waals surface area contributed by atoms with Crippen LogP contribution in [0.2, 0.25) is 0 Å². The summed E-state index contributed by atoms with van der Waals surface area (Å²) in [4.78, 5) is 29.6. The molecule has 0 unspecified atom stereocenters. The average molecular weight is 375 g/mol. The molecule has 1 N–H and O–H groups in total. The molecular weight excluding hydrogens is 355 g/mol. The predicted molar refractivity (Wildman–Crippen MR) is 86.2 cm³/mol. The fourth-order valence-electron chi connectivity index (χ4n) is 2.39. The number of hydrogen-bond acceptors (Lipinski definition) is 5. The van der Waals surface area contributed by atoms with Crippen molar-refractivity contribution in [2.24, 2.45) is 0 Å². The van der Waals surface area contributed by atoms with Gasteiger partial charge < -0.3 is 19.6 Å². The zero-order valence-electron chi connectivity index (χ0n) is 14.6. The number of pyridine rings is 1. The lowest BCUT2D eigenvalue weighted by atomic mass is 10.2. The number of alkyl halides is 3. The summed E-state index contributed by atoms with van der Waals surface area (Å²) in [6.45, 7) is 6.10. The minimum Gasteiger partial charge on any atom is -0.478 e. The molecule has 7 nitrogen and oxygen atoms in total. The van der Waals surface area contributed by atoms with E-state index in [0.717, 1.165) is 6.07 Å². The molecule has 26 heavy (non-hydrogen) atoms. The zero-order valence-corrected chi connectivity index (χ0v) is 14.6. The highest BCUT2D eigenvalue weighted by atomic mass is 19.4. The van der Waals surface area contributed by atoms with Gasteiger partial charge in [0.15, 0.2) is 0 Å². The number of amides is 1. The van der Waals surface area contributed by atoms with Crippen LogP contribution in [0.5, 0.6) is 0 Å². The number of ether oxygens (including phenoxy) is 1. The smallest absolute Gasteiger partial charge is 0.433 e. The van der Waals surface area contributed by atoms with Gasteiger partial charge in [-0.3, -0.25) is 0 Å². The standard InChI is InChI=1S/C16H20F3N3O4/c1-15(2,3)26-14(25)22-6-4-21(5-7-22)12-9-10(13(23)24)8-11(20-12)16(17,18)19/h8-9H,4-7H2,1-3H3,(H,23,24). The molecule has 0 radical (unpaired) electrons. The van der Waals surface area contributed by atoms with E-state index in [2.05, 4.69) is 4.98 Å². The number of carbonyl (C=O) groups is 2. The third-order valence-corrected chi connectivity index (χ3v) is 3.60. The molecule has 1 aromatic heterocycles. The van der Waals surface area contributed by atoms with Crippen molar-refractivity contribution in [2.45, 2.75) is 32.5 Å². The minimum absolute atomic E-state index is 0.0823. The van der Waals surface area contributed by atoms with Gasteiger partial charge in [0, 0.05) is 26.2 Å². The Labute approximate surface area is 148 Å². The van der Waals surface area contributed by atoms with E-state index in [1.807, 2.05) is 0 Å². The van der Waals surface area contributed by atoms with Crippen LogP contribution >= 0.6 is 0 Å². The number of piperazine rings is 1. The molecule has 1 fully saturated rings. The summed E-state index contributed by atoms with van der Waals surface area (Å²) in [6, 6.07) is 1.60. The van der Waals surface area contributed by atoms with Crippen LogP contribution in [0.15, 0.2) is 12.1 Å². The van der Waals surface area contributed by atoms with Crippen molar-refractivity contribution in [1.82, 2.24) is 9.88 Å². The van der Waals surface area contributed by atoms with Crippen LogP contribution in [-0.2, 0) is 10.9 Å². The van der Waals surface area contributed by atoms with Crippen molar-refractivity contribution in [1.29, 1.82) is 0 Å². The van der Waals surface area contributed by atoms with Gasteiger partial charge in [-0.05, 0) is 32.9 Å². The van der Waals surface area contributed by atoms with E-state index in [1.165, 1.54) is 9.80 Å². The second kappa shape index (κ2) is 7.00. The van der Waals surface area contributed by atoms with Gasteiger partial charge in [0.25, 0.3) is 0 Å². The summed E-state index contributed by atoms with van der Waals surface area (Å²) in [7, 11) is 0. The van der Waals surface area contributed by atoms with Crippen molar-refractivity contribution in [3.8, 4) is 0 Å². The average Bonchev–Trinajstić information content (AvgIpc) is 2.52. The number of rotatable bonds is 2. The summed E-state index contributed by atoms with van der Waals surface area (Å²) in [5, 5.41) is 9.04. The molecule has 144 valence electrons. The van der Waals surface area contributed by atoms with Crippen LogP contribution in [0.3, 0.4) is 0 Å². The first kappa shape index (κ1) is 19.8. The Morgan fingerprint density at radius 3 is 2.15 bits per heavy atom. The maximum absolute atomic E-state index is 13.0. The van der Waals surface area contributed by atoms with Crippen LogP contribution in [-0.4, -0.2) is 58.8 Å². The van der Waals surface area contributed by atoms with Crippen LogP contribution in [0.25, 0.3) is 0 Å².